The van der Waals surface area contributed by atoms with E-state index in [1.165, 1.54) is 5.69 Å². The van der Waals surface area contributed by atoms with Gasteiger partial charge >= 0.3 is 0 Å². The number of para-hydroxylation sites is 1. The zero-order valence-electron chi connectivity index (χ0n) is 7.94. The summed E-state index contributed by atoms with van der Waals surface area (Å²) in [6.07, 6.45) is 1.03. The minimum atomic E-state index is 0.133. The van der Waals surface area contributed by atoms with Crippen LogP contribution in [0.5, 0.6) is 0 Å². The average Bonchev–Trinajstić information content (AvgIpc) is 2.30. The fourth-order valence-corrected chi connectivity index (χ4v) is 2.41. The third kappa shape index (κ3) is 1.12. The molecule has 0 aromatic heterocycles. The molecule has 3 aliphatic heterocycles. The van der Waals surface area contributed by atoms with Crippen LogP contribution in [0.2, 0.25) is 0 Å². The summed E-state index contributed by atoms with van der Waals surface area (Å²) in [6, 6.07) is 10.5. The molecule has 14 heavy (non-hydrogen) atoms. The van der Waals surface area contributed by atoms with Gasteiger partial charge in [-0.2, -0.15) is 0 Å². The van der Waals surface area contributed by atoms with E-state index in [0.29, 0.717) is 0 Å². The van der Waals surface area contributed by atoms with E-state index in [4.69, 9.17) is 0 Å². The van der Waals surface area contributed by atoms with E-state index in [2.05, 4.69) is 17.0 Å². The van der Waals surface area contributed by atoms with Crippen LogP contribution in [0.25, 0.3) is 0 Å². The minimum absolute atomic E-state index is 0.133. The van der Waals surface area contributed by atoms with Crippen LogP contribution < -0.4 is 4.90 Å². The lowest BCUT2D eigenvalue weighted by atomic mass is 9.90. The monoisotopic (exact) mass is 192 g/mol. The van der Waals surface area contributed by atoms with Crippen molar-refractivity contribution in [3.05, 3.63) is 30.3 Å². The summed E-state index contributed by atoms with van der Waals surface area (Å²) < 4.78 is 13.1. The quantitative estimate of drug-likeness (QED) is 0.626. The number of piperazine rings is 1. The molecule has 2 atom stereocenters. The summed E-state index contributed by atoms with van der Waals surface area (Å²) >= 11 is 0. The Kier molecular flexibility index (Phi) is 1.74. The molecule has 3 heteroatoms. The van der Waals surface area contributed by atoms with Crippen molar-refractivity contribution < 1.29 is 4.48 Å². The Labute approximate surface area is 82.9 Å². The van der Waals surface area contributed by atoms with Crippen molar-refractivity contribution >= 4 is 5.69 Å². The third-order valence-electron chi connectivity index (χ3n) is 3.23. The molecule has 2 nitrogen and oxygen atoms in total. The molecule has 3 fully saturated rings. The van der Waals surface area contributed by atoms with E-state index >= 15 is 0 Å². The van der Waals surface area contributed by atoms with Gasteiger partial charge in [-0.05, 0) is 18.6 Å². The Morgan fingerprint density at radius 1 is 1.07 bits per heavy atom. The molecule has 3 aliphatic rings. The molecular weight excluding hydrogens is 179 g/mol. The second-order valence-corrected chi connectivity index (χ2v) is 4.13. The Morgan fingerprint density at radius 3 is 2.29 bits per heavy atom. The van der Waals surface area contributed by atoms with Crippen molar-refractivity contribution in [2.24, 2.45) is 0 Å². The minimum Gasteiger partial charge on any atom is -0.368 e. The first-order chi connectivity index (χ1) is 6.84. The van der Waals surface area contributed by atoms with Crippen LogP contribution in [0.15, 0.2) is 30.3 Å². The summed E-state index contributed by atoms with van der Waals surface area (Å²) in [5.41, 5.74) is 1.22. The molecule has 74 valence electrons. The Morgan fingerprint density at radius 2 is 1.71 bits per heavy atom. The van der Waals surface area contributed by atoms with Crippen molar-refractivity contribution in [2.45, 2.75) is 18.5 Å². The number of hydrogen-bond acceptors (Lipinski definition) is 2. The van der Waals surface area contributed by atoms with Gasteiger partial charge in [0.25, 0.3) is 0 Å². The maximum absolute atomic E-state index is 13.1. The SMILES string of the molecule is FN1C2CC1CN(c1ccccc1)C2. The number of fused-ring (bicyclic) bond motifs is 2. The van der Waals surface area contributed by atoms with Gasteiger partial charge in [-0.3, -0.25) is 0 Å². The van der Waals surface area contributed by atoms with Gasteiger partial charge in [0.1, 0.15) is 0 Å². The average molecular weight is 192 g/mol. The van der Waals surface area contributed by atoms with E-state index in [0.717, 1.165) is 24.6 Å². The fourth-order valence-electron chi connectivity index (χ4n) is 2.41. The lowest BCUT2D eigenvalue weighted by molar-refractivity contribution is -0.151. The Balaban J connectivity index is 1.77. The lowest BCUT2D eigenvalue weighted by Crippen LogP contribution is -2.65. The summed E-state index contributed by atoms with van der Waals surface area (Å²) in [6.45, 7) is 1.66. The normalized spacial score (nSPS) is 31.4. The standard InChI is InChI=1S/C11H13FN2/c12-14-10-6-11(14)8-13(7-10)9-4-2-1-3-5-9/h1-5,10-11H,6-8H2. The topological polar surface area (TPSA) is 6.48 Å². The van der Waals surface area contributed by atoms with Gasteiger partial charge in [-0.25, -0.2) is 0 Å². The molecule has 1 aromatic carbocycles. The molecule has 0 spiro atoms. The maximum Gasteiger partial charge on any atom is 0.0598 e. The molecule has 0 radical (unpaired) electrons. The van der Waals surface area contributed by atoms with Gasteiger partial charge in [0.15, 0.2) is 0 Å². The Hall–Kier alpha value is -1.09. The first-order valence-electron chi connectivity index (χ1n) is 5.09. The number of piperidine rings is 1. The van der Waals surface area contributed by atoms with E-state index in [9.17, 15) is 4.48 Å². The van der Waals surface area contributed by atoms with E-state index in [1.54, 1.807) is 0 Å². The smallest absolute Gasteiger partial charge is 0.0598 e. The fraction of sp³-hybridized carbons (Fsp3) is 0.455. The molecule has 3 saturated heterocycles. The van der Waals surface area contributed by atoms with Crippen molar-refractivity contribution in [3.63, 3.8) is 0 Å². The van der Waals surface area contributed by atoms with Crippen LogP contribution in [0.1, 0.15) is 6.42 Å². The highest BCUT2D eigenvalue weighted by molar-refractivity contribution is 5.47. The second-order valence-electron chi connectivity index (χ2n) is 4.13. The number of halogens is 1. The first kappa shape index (κ1) is 8.24. The van der Waals surface area contributed by atoms with Crippen LogP contribution in [0, 0.1) is 0 Å². The maximum atomic E-state index is 13.1. The van der Waals surface area contributed by atoms with Crippen LogP contribution in [0.4, 0.5) is 10.2 Å². The van der Waals surface area contributed by atoms with Gasteiger partial charge < -0.3 is 4.90 Å². The summed E-state index contributed by atoms with van der Waals surface area (Å²) in [4.78, 5) is 2.27. The van der Waals surface area contributed by atoms with Crippen LogP contribution in [-0.4, -0.2) is 30.3 Å². The largest absolute Gasteiger partial charge is 0.368 e. The van der Waals surface area contributed by atoms with Gasteiger partial charge in [0, 0.05) is 18.8 Å². The molecule has 3 heterocycles. The zero-order chi connectivity index (χ0) is 9.54. The molecule has 2 unspecified atom stereocenters. The summed E-state index contributed by atoms with van der Waals surface area (Å²) in [5.74, 6) is 0. The molecule has 1 aromatic rings. The van der Waals surface area contributed by atoms with Crippen molar-refractivity contribution in [2.75, 3.05) is 18.0 Å². The molecule has 0 amide bonds. The van der Waals surface area contributed by atoms with Crippen LogP contribution in [-0.2, 0) is 0 Å². The van der Waals surface area contributed by atoms with E-state index in [1.807, 2.05) is 18.2 Å². The molecule has 0 N–H and O–H groups in total. The van der Waals surface area contributed by atoms with Gasteiger partial charge in [0.2, 0.25) is 0 Å². The summed E-state index contributed by atoms with van der Waals surface area (Å²) in [7, 11) is 0. The second kappa shape index (κ2) is 2.95. The van der Waals surface area contributed by atoms with Gasteiger partial charge in [0.05, 0.1) is 12.1 Å². The highest BCUT2D eigenvalue weighted by atomic mass is 19.2. The highest BCUT2D eigenvalue weighted by Gasteiger charge is 2.45. The van der Waals surface area contributed by atoms with Crippen molar-refractivity contribution in [1.29, 1.82) is 0 Å². The number of nitrogens with zero attached hydrogens (tertiary/aromatic N) is 2. The van der Waals surface area contributed by atoms with Crippen LogP contribution in [0.3, 0.4) is 0 Å². The van der Waals surface area contributed by atoms with Crippen molar-refractivity contribution in [3.8, 4) is 0 Å². The van der Waals surface area contributed by atoms with E-state index < -0.39 is 0 Å². The number of anilines is 1. The highest BCUT2D eigenvalue weighted by Crippen LogP contribution is 2.34. The van der Waals surface area contributed by atoms with Crippen molar-refractivity contribution in [1.82, 2.24) is 5.12 Å². The number of rotatable bonds is 1. The molecular formula is C11H13FN2. The van der Waals surface area contributed by atoms with Crippen LogP contribution >= 0.6 is 0 Å². The molecule has 2 bridgehead atoms. The lowest BCUT2D eigenvalue weighted by Gasteiger charge is -2.51. The number of hydrogen-bond donors (Lipinski definition) is 0. The van der Waals surface area contributed by atoms with E-state index in [-0.39, 0.29) is 12.1 Å². The first-order valence-corrected chi connectivity index (χ1v) is 5.09. The zero-order valence-corrected chi connectivity index (χ0v) is 7.94. The molecule has 0 saturated carbocycles. The predicted molar refractivity (Wildman–Crippen MR) is 53.8 cm³/mol. The predicted octanol–water partition coefficient (Wildman–Crippen LogP) is 1.83. The van der Waals surface area contributed by atoms with Gasteiger partial charge in [-0.15, -0.1) is 9.60 Å². The van der Waals surface area contributed by atoms with Gasteiger partial charge in [-0.1, -0.05) is 18.2 Å². The molecule has 0 aliphatic carbocycles. The number of benzene rings is 1. The summed E-state index contributed by atoms with van der Waals surface area (Å²) in [5, 5.41) is 1.01. The third-order valence-corrected chi connectivity index (χ3v) is 3.23. The Bertz CT molecular complexity index is 315. The molecule has 4 rings (SSSR count).